The Hall–Kier alpha value is -1.06. The fourth-order valence-electron chi connectivity index (χ4n) is 8.22. The van der Waals surface area contributed by atoms with Gasteiger partial charge in [-0.15, -0.1) is 0 Å². The first-order chi connectivity index (χ1) is 24.9. The molecule has 0 aliphatic heterocycles. The molecule has 0 radical (unpaired) electrons. The number of carbonyl (C=O) groups excluding carboxylic acids is 1. The van der Waals surface area contributed by atoms with E-state index in [2.05, 4.69) is 20.8 Å². The molecule has 3 atom stereocenters. The molecule has 4 nitrogen and oxygen atoms in total. The topological polar surface area (TPSA) is 80.4 Å². The molecule has 3 N–H and O–H groups in total. The van der Waals surface area contributed by atoms with Gasteiger partial charge >= 0.3 is 5.97 Å². The fourth-order valence-corrected chi connectivity index (χ4v) is 8.22. The number of nitrogens with two attached hydrogens (primary N) is 1. The number of rotatable bonds is 43. The second-order valence-electron chi connectivity index (χ2n) is 16.9. The van der Waals surface area contributed by atoms with Crippen LogP contribution in [0.5, 0.6) is 0 Å². The van der Waals surface area contributed by atoms with Gasteiger partial charge in [0.15, 0.2) is 0 Å². The lowest BCUT2D eigenvalue weighted by atomic mass is 9.81. The molecule has 0 heterocycles. The van der Waals surface area contributed by atoms with Crippen molar-refractivity contribution in [2.45, 2.75) is 271 Å². The predicted molar refractivity (Wildman–Crippen MR) is 224 cm³/mol. The minimum absolute atomic E-state index is 0.0324. The van der Waals surface area contributed by atoms with Crippen molar-refractivity contribution in [3.63, 3.8) is 0 Å². The van der Waals surface area contributed by atoms with Crippen LogP contribution in [0, 0.1) is 17.8 Å². The molecule has 51 heavy (non-hydrogen) atoms. The number of carboxylic acids is 1. The molecule has 0 aromatic carbocycles. The second-order valence-corrected chi connectivity index (χ2v) is 16.9. The Balaban J connectivity index is 3.79. The highest BCUT2D eigenvalue weighted by Crippen LogP contribution is 2.28. The van der Waals surface area contributed by atoms with E-state index in [0.29, 0.717) is 6.42 Å². The maximum absolute atomic E-state index is 12.3. The molecule has 0 saturated carbocycles. The van der Waals surface area contributed by atoms with Crippen LogP contribution in [-0.2, 0) is 9.59 Å². The van der Waals surface area contributed by atoms with E-state index in [1.54, 1.807) is 0 Å². The van der Waals surface area contributed by atoms with Crippen LogP contribution < -0.4 is 5.73 Å². The summed E-state index contributed by atoms with van der Waals surface area (Å²) in [6.45, 7) is 6.62. The molecular formula is C47H93NO3. The van der Waals surface area contributed by atoms with E-state index in [0.717, 1.165) is 38.5 Å². The summed E-state index contributed by atoms with van der Waals surface area (Å²) in [5.74, 6) is -1.47. The van der Waals surface area contributed by atoms with Gasteiger partial charge in [-0.1, -0.05) is 252 Å². The molecule has 0 aliphatic rings. The molecule has 0 bridgehead atoms. The van der Waals surface area contributed by atoms with Gasteiger partial charge in [0.25, 0.3) is 0 Å². The monoisotopic (exact) mass is 720 g/mol. The first-order valence-corrected chi connectivity index (χ1v) is 23.5. The minimum atomic E-state index is -0.704. The Morgan fingerprint density at radius 3 is 0.882 bits per heavy atom. The summed E-state index contributed by atoms with van der Waals surface area (Å²) in [6.07, 6.45) is 50.6. The van der Waals surface area contributed by atoms with Crippen molar-refractivity contribution in [2.75, 3.05) is 0 Å². The molecule has 0 saturated heterocycles. The van der Waals surface area contributed by atoms with E-state index in [-0.39, 0.29) is 23.7 Å². The van der Waals surface area contributed by atoms with Crippen LogP contribution in [0.4, 0.5) is 0 Å². The Morgan fingerprint density at radius 1 is 0.412 bits per heavy atom. The van der Waals surface area contributed by atoms with Crippen molar-refractivity contribution in [3.8, 4) is 0 Å². The van der Waals surface area contributed by atoms with Gasteiger partial charge in [-0.3, -0.25) is 9.59 Å². The Morgan fingerprint density at radius 2 is 0.647 bits per heavy atom. The number of hydrogen-bond acceptors (Lipinski definition) is 2. The predicted octanol–water partition coefficient (Wildman–Crippen LogP) is 15.7. The van der Waals surface area contributed by atoms with Gasteiger partial charge in [-0.2, -0.15) is 0 Å². The van der Waals surface area contributed by atoms with Gasteiger partial charge in [-0.05, 0) is 25.2 Å². The highest BCUT2D eigenvalue weighted by molar-refractivity contribution is 5.77. The van der Waals surface area contributed by atoms with E-state index < -0.39 is 5.97 Å². The SMILES string of the molecule is CCCCCCCCCCCCCCCCCCCCC(CC(C)C(CCCCCCCCCCCCCCCCCCCC)C(N)=O)C(=O)O. The number of carbonyl (C=O) groups is 2. The average Bonchev–Trinajstić information content (AvgIpc) is 3.11. The molecular weight excluding hydrogens is 627 g/mol. The molecule has 1 amide bonds. The number of amides is 1. The number of unbranched alkanes of at least 4 members (excludes halogenated alkanes) is 34. The Kier molecular flexibility index (Phi) is 39.3. The summed E-state index contributed by atoms with van der Waals surface area (Å²) in [6, 6.07) is 0. The van der Waals surface area contributed by atoms with Crippen molar-refractivity contribution in [1.29, 1.82) is 0 Å². The van der Waals surface area contributed by atoms with E-state index in [9.17, 15) is 14.7 Å². The van der Waals surface area contributed by atoms with E-state index >= 15 is 0 Å². The van der Waals surface area contributed by atoms with Crippen molar-refractivity contribution >= 4 is 11.9 Å². The number of aliphatic carboxylic acids is 1. The number of hydrogen-bond donors (Lipinski definition) is 2. The van der Waals surface area contributed by atoms with Gasteiger partial charge in [0, 0.05) is 5.92 Å². The van der Waals surface area contributed by atoms with Crippen LogP contribution in [0.1, 0.15) is 271 Å². The summed E-state index contributed by atoms with van der Waals surface area (Å²) < 4.78 is 0. The van der Waals surface area contributed by atoms with Gasteiger partial charge in [0.05, 0.1) is 5.92 Å². The summed E-state index contributed by atoms with van der Waals surface area (Å²) in [7, 11) is 0. The van der Waals surface area contributed by atoms with Crippen LogP contribution in [0.2, 0.25) is 0 Å². The van der Waals surface area contributed by atoms with E-state index in [1.807, 2.05) is 0 Å². The zero-order valence-corrected chi connectivity index (χ0v) is 35.2. The maximum Gasteiger partial charge on any atom is 0.306 e. The second kappa shape index (κ2) is 40.1. The molecule has 3 unspecified atom stereocenters. The first kappa shape index (κ1) is 49.9. The molecule has 0 aromatic heterocycles. The fraction of sp³-hybridized carbons (Fsp3) is 0.957. The lowest BCUT2D eigenvalue weighted by molar-refractivity contribution is -0.143. The minimum Gasteiger partial charge on any atom is -0.481 e. The normalized spacial score (nSPS) is 13.4. The molecule has 0 aromatic rings. The Labute approximate surface area is 320 Å². The van der Waals surface area contributed by atoms with Gasteiger partial charge in [0.2, 0.25) is 5.91 Å². The van der Waals surface area contributed by atoms with Gasteiger partial charge < -0.3 is 10.8 Å². The molecule has 0 aliphatic carbocycles. The van der Waals surface area contributed by atoms with Crippen LogP contribution in [-0.4, -0.2) is 17.0 Å². The third-order valence-corrected chi connectivity index (χ3v) is 11.8. The molecule has 304 valence electrons. The standard InChI is InChI=1S/C47H93NO3/c1-4-6-8-10-12-14-16-18-20-22-24-26-28-30-32-34-36-38-40-44(47(50)51)42-43(3)45(46(48)49)41-39-37-35-33-31-29-27-25-23-21-19-17-15-13-11-9-7-5-2/h43-45H,4-42H2,1-3H3,(H2,48,49)(H,50,51). The highest BCUT2D eigenvalue weighted by atomic mass is 16.4. The molecule has 4 heteroatoms. The number of carboxylic acid groups (broad SMARTS) is 1. The Bertz CT molecular complexity index is 724. The quantitative estimate of drug-likeness (QED) is 0.0616. The van der Waals surface area contributed by atoms with Crippen molar-refractivity contribution in [2.24, 2.45) is 23.5 Å². The smallest absolute Gasteiger partial charge is 0.306 e. The van der Waals surface area contributed by atoms with Crippen LogP contribution in [0.25, 0.3) is 0 Å². The highest BCUT2D eigenvalue weighted by Gasteiger charge is 2.28. The largest absolute Gasteiger partial charge is 0.481 e. The van der Waals surface area contributed by atoms with Crippen molar-refractivity contribution < 1.29 is 14.7 Å². The zero-order valence-electron chi connectivity index (χ0n) is 35.2. The number of primary amides is 1. The summed E-state index contributed by atoms with van der Waals surface area (Å²) in [4.78, 5) is 24.4. The van der Waals surface area contributed by atoms with Crippen LogP contribution in [0.15, 0.2) is 0 Å². The van der Waals surface area contributed by atoms with E-state index in [1.165, 1.54) is 205 Å². The van der Waals surface area contributed by atoms with Crippen LogP contribution in [0.3, 0.4) is 0 Å². The summed E-state index contributed by atoms with van der Waals surface area (Å²) >= 11 is 0. The maximum atomic E-state index is 12.3. The molecule has 0 rings (SSSR count). The first-order valence-electron chi connectivity index (χ1n) is 23.5. The van der Waals surface area contributed by atoms with Crippen molar-refractivity contribution in [1.82, 2.24) is 0 Å². The van der Waals surface area contributed by atoms with Gasteiger partial charge in [0.1, 0.15) is 0 Å². The van der Waals surface area contributed by atoms with Crippen LogP contribution >= 0.6 is 0 Å². The van der Waals surface area contributed by atoms with E-state index in [4.69, 9.17) is 5.73 Å². The molecule has 0 spiro atoms. The van der Waals surface area contributed by atoms with Gasteiger partial charge in [-0.25, -0.2) is 0 Å². The summed E-state index contributed by atoms with van der Waals surface area (Å²) in [5, 5.41) is 9.91. The molecule has 0 fully saturated rings. The van der Waals surface area contributed by atoms with Crippen molar-refractivity contribution in [3.05, 3.63) is 0 Å². The third kappa shape index (κ3) is 35.7. The third-order valence-electron chi connectivity index (χ3n) is 11.8. The average molecular weight is 720 g/mol. The zero-order chi connectivity index (χ0) is 37.5. The lowest BCUT2D eigenvalue weighted by Crippen LogP contribution is -2.31. The lowest BCUT2D eigenvalue weighted by Gasteiger charge is -2.24. The summed E-state index contributed by atoms with van der Waals surface area (Å²) in [5.41, 5.74) is 5.83.